The highest BCUT2D eigenvalue weighted by Gasteiger charge is 1.96. The molecule has 1 aromatic rings. The van der Waals surface area contributed by atoms with E-state index in [0.717, 1.165) is 5.57 Å². The number of carboxylic acids is 1. The van der Waals surface area contributed by atoms with Gasteiger partial charge in [0.1, 0.15) is 0 Å². The number of carboxylic acid groups (broad SMARTS) is 1. The molecule has 0 atom stereocenters. The van der Waals surface area contributed by atoms with Gasteiger partial charge in [-0.1, -0.05) is 43.0 Å². The Labute approximate surface area is 84.2 Å². The summed E-state index contributed by atoms with van der Waals surface area (Å²) in [5, 5.41) is 8.38. The lowest BCUT2D eigenvalue weighted by Gasteiger charge is -1.88. The Morgan fingerprint density at radius 3 is 2.00 bits per heavy atom. The van der Waals surface area contributed by atoms with E-state index in [2.05, 4.69) is 13.2 Å². The summed E-state index contributed by atoms with van der Waals surface area (Å²) in [6.45, 7) is 8.93. The molecule has 0 fully saturated rings. The average molecular weight is 190 g/mol. The van der Waals surface area contributed by atoms with Gasteiger partial charge in [0.15, 0.2) is 0 Å². The van der Waals surface area contributed by atoms with Crippen molar-refractivity contribution in [2.45, 2.75) is 6.92 Å². The first-order valence-electron chi connectivity index (χ1n) is 4.14. The van der Waals surface area contributed by atoms with Gasteiger partial charge in [-0.05, 0) is 19.1 Å². The molecule has 0 bridgehead atoms. The van der Waals surface area contributed by atoms with Crippen LogP contribution in [-0.4, -0.2) is 11.1 Å². The molecule has 0 heterocycles. The summed E-state index contributed by atoms with van der Waals surface area (Å²) in [6.07, 6.45) is 1.72. The first-order chi connectivity index (χ1) is 6.57. The molecular weight excluding hydrogens is 176 g/mol. The fourth-order valence-electron chi connectivity index (χ4n) is 0.581. The molecule has 0 aliphatic heterocycles. The fraction of sp³-hybridized carbons (Fsp3) is 0.0833. The number of aromatic carboxylic acids is 1. The second kappa shape index (κ2) is 6.66. The highest BCUT2D eigenvalue weighted by Crippen LogP contribution is 1.96. The molecule has 2 heteroatoms. The van der Waals surface area contributed by atoms with Crippen molar-refractivity contribution in [3.63, 3.8) is 0 Å². The highest BCUT2D eigenvalue weighted by molar-refractivity contribution is 5.87. The Morgan fingerprint density at radius 2 is 1.79 bits per heavy atom. The van der Waals surface area contributed by atoms with E-state index in [1.165, 1.54) is 0 Å². The molecule has 1 N–H and O–H groups in total. The molecule has 0 spiro atoms. The molecule has 0 aliphatic carbocycles. The van der Waals surface area contributed by atoms with Gasteiger partial charge in [-0.15, -0.1) is 0 Å². The van der Waals surface area contributed by atoms with E-state index in [0.29, 0.717) is 5.56 Å². The maximum absolute atomic E-state index is 10.2. The molecule has 0 saturated carbocycles. The van der Waals surface area contributed by atoms with Crippen LogP contribution in [0.3, 0.4) is 0 Å². The Balaban J connectivity index is 0.000000292. The Kier molecular flexibility index (Phi) is 5.79. The summed E-state index contributed by atoms with van der Waals surface area (Å²) in [6, 6.07) is 8.30. The zero-order valence-electron chi connectivity index (χ0n) is 8.23. The minimum absolute atomic E-state index is 0.331. The minimum Gasteiger partial charge on any atom is -0.478 e. The van der Waals surface area contributed by atoms with Gasteiger partial charge in [0.25, 0.3) is 0 Å². The predicted molar refractivity (Wildman–Crippen MR) is 58.4 cm³/mol. The summed E-state index contributed by atoms with van der Waals surface area (Å²) >= 11 is 0. The van der Waals surface area contributed by atoms with Gasteiger partial charge in [-0.2, -0.15) is 0 Å². The second-order valence-corrected chi connectivity index (χ2v) is 2.72. The first kappa shape index (κ1) is 12.2. The Bertz CT molecular complexity index is 312. The van der Waals surface area contributed by atoms with Crippen LogP contribution >= 0.6 is 0 Å². The van der Waals surface area contributed by atoms with E-state index in [1.807, 2.05) is 6.92 Å². The van der Waals surface area contributed by atoms with E-state index in [4.69, 9.17) is 5.11 Å². The van der Waals surface area contributed by atoms with Crippen molar-refractivity contribution >= 4 is 5.97 Å². The number of hydrogen-bond donors (Lipinski definition) is 1. The summed E-state index contributed by atoms with van der Waals surface area (Å²) in [4.78, 5) is 10.2. The largest absolute Gasteiger partial charge is 0.478 e. The van der Waals surface area contributed by atoms with Crippen molar-refractivity contribution in [2.75, 3.05) is 0 Å². The van der Waals surface area contributed by atoms with Crippen molar-refractivity contribution < 1.29 is 9.90 Å². The molecule has 1 aromatic carbocycles. The third-order valence-corrected chi connectivity index (χ3v) is 1.37. The summed E-state index contributed by atoms with van der Waals surface area (Å²) < 4.78 is 0. The van der Waals surface area contributed by atoms with Crippen LogP contribution in [0.15, 0.2) is 55.1 Å². The quantitative estimate of drug-likeness (QED) is 0.727. The van der Waals surface area contributed by atoms with Gasteiger partial charge in [0.05, 0.1) is 5.56 Å². The summed E-state index contributed by atoms with van der Waals surface area (Å²) in [5.74, 6) is -0.879. The monoisotopic (exact) mass is 190 g/mol. The molecule has 0 saturated heterocycles. The molecule has 0 radical (unpaired) electrons. The van der Waals surface area contributed by atoms with Crippen molar-refractivity contribution in [1.82, 2.24) is 0 Å². The zero-order chi connectivity index (χ0) is 11.0. The SMILES string of the molecule is C=CC(=C)C.O=C(O)c1ccccc1. The zero-order valence-corrected chi connectivity index (χ0v) is 8.23. The lowest BCUT2D eigenvalue weighted by molar-refractivity contribution is 0.0697. The first-order valence-corrected chi connectivity index (χ1v) is 4.14. The number of hydrogen-bond acceptors (Lipinski definition) is 1. The standard InChI is InChI=1S/C7H6O2.C5H8/c8-7(9)6-4-2-1-3-5-6;1-4-5(2)3/h1-5H,(H,8,9);4H,1-2H2,3H3. The van der Waals surface area contributed by atoms with Crippen LogP contribution in [0.5, 0.6) is 0 Å². The smallest absolute Gasteiger partial charge is 0.335 e. The predicted octanol–water partition coefficient (Wildman–Crippen LogP) is 3.13. The van der Waals surface area contributed by atoms with E-state index >= 15 is 0 Å². The van der Waals surface area contributed by atoms with Crippen molar-refractivity contribution in [2.24, 2.45) is 0 Å². The highest BCUT2D eigenvalue weighted by atomic mass is 16.4. The van der Waals surface area contributed by atoms with Gasteiger partial charge < -0.3 is 5.11 Å². The van der Waals surface area contributed by atoms with Crippen molar-refractivity contribution in [3.05, 3.63) is 60.7 Å². The topological polar surface area (TPSA) is 37.3 Å². The van der Waals surface area contributed by atoms with Gasteiger partial charge in [0, 0.05) is 0 Å². The van der Waals surface area contributed by atoms with Gasteiger partial charge in [-0.25, -0.2) is 4.79 Å². The van der Waals surface area contributed by atoms with Gasteiger partial charge in [-0.3, -0.25) is 0 Å². The van der Waals surface area contributed by atoms with Crippen molar-refractivity contribution in [3.8, 4) is 0 Å². The normalized spacial score (nSPS) is 8.07. The number of allylic oxidation sites excluding steroid dienone is 2. The van der Waals surface area contributed by atoms with Crippen molar-refractivity contribution in [1.29, 1.82) is 0 Å². The molecule has 14 heavy (non-hydrogen) atoms. The third-order valence-electron chi connectivity index (χ3n) is 1.37. The lowest BCUT2D eigenvalue weighted by Crippen LogP contribution is -1.93. The van der Waals surface area contributed by atoms with Gasteiger partial charge >= 0.3 is 5.97 Å². The molecule has 0 unspecified atom stereocenters. The number of carbonyl (C=O) groups is 1. The van der Waals surface area contributed by atoms with Crippen LogP contribution in [0.4, 0.5) is 0 Å². The maximum Gasteiger partial charge on any atom is 0.335 e. The molecule has 74 valence electrons. The molecule has 0 amide bonds. The van der Waals surface area contributed by atoms with E-state index in [1.54, 1.807) is 36.4 Å². The second-order valence-electron chi connectivity index (χ2n) is 2.72. The number of rotatable bonds is 2. The van der Waals surface area contributed by atoms with Crippen LogP contribution in [0, 0.1) is 0 Å². The lowest BCUT2D eigenvalue weighted by atomic mass is 10.2. The Hall–Kier alpha value is -1.83. The molecule has 1 rings (SSSR count). The summed E-state index contributed by atoms with van der Waals surface area (Å²) in [7, 11) is 0. The number of benzene rings is 1. The van der Waals surface area contributed by atoms with Crippen LogP contribution in [-0.2, 0) is 0 Å². The average Bonchev–Trinajstić information content (AvgIpc) is 2.20. The van der Waals surface area contributed by atoms with Crippen LogP contribution in [0.2, 0.25) is 0 Å². The van der Waals surface area contributed by atoms with Gasteiger partial charge in [0.2, 0.25) is 0 Å². The fourth-order valence-corrected chi connectivity index (χ4v) is 0.581. The Morgan fingerprint density at radius 1 is 1.36 bits per heavy atom. The van der Waals surface area contributed by atoms with Crippen LogP contribution < -0.4 is 0 Å². The van der Waals surface area contributed by atoms with Crippen LogP contribution in [0.25, 0.3) is 0 Å². The molecule has 2 nitrogen and oxygen atoms in total. The summed E-state index contributed by atoms with van der Waals surface area (Å²) in [5.41, 5.74) is 1.35. The third kappa shape index (κ3) is 5.77. The molecule has 0 aromatic heterocycles. The van der Waals surface area contributed by atoms with E-state index in [-0.39, 0.29) is 0 Å². The maximum atomic E-state index is 10.2. The van der Waals surface area contributed by atoms with E-state index < -0.39 is 5.97 Å². The molecule has 0 aliphatic rings. The molecular formula is C12H14O2. The minimum atomic E-state index is -0.879. The van der Waals surface area contributed by atoms with E-state index in [9.17, 15) is 4.79 Å². The van der Waals surface area contributed by atoms with Crippen LogP contribution in [0.1, 0.15) is 17.3 Å².